The Balaban J connectivity index is 1.51. The van der Waals surface area contributed by atoms with Crippen molar-refractivity contribution in [2.24, 2.45) is 0 Å². The first-order chi connectivity index (χ1) is 17.5. The number of allylic oxidation sites excluding steroid dienone is 1. The summed E-state index contributed by atoms with van der Waals surface area (Å²) in [6, 6.07) is 19.1. The van der Waals surface area contributed by atoms with Crippen LogP contribution in [0.1, 0.15) is 21.5 Å². The smallest absolute Gasteiger partial charge is 0.387 e. The topological polar surface area (TPSA) is 66.9 Å². The van der Waals surface area contributed by atoms with Crippen molar-refractivity contribution in [1.29, 1.82) is 0 Å². The van der Waals surface area contributed by atoms with Crippen LogP contribution in [0.3, 0.4) is 0 Å². The van der Waals surface area contributed by atoms with Crippen LogP contribution in [0.2, 0.25) is 0 Å². The van der Waals surface area contributed by atoms with Crippen molar-refractivity contribution in [3.63, 3.8) is 0 Å². The molecule has 4 aromatic rings. The molecular weight excluding hydrogens is 468 g/mol. The number of alkyl halides is 2. The minimum absolute atomic E-state index is 0.0429. The van der Waals surface area contributed by atoms with Gasteiger partial charge in [-0.3, -0.25) is 9.78 Å². The van der Waals surface area contributed by atoms with E-state index in [9.17, 15) is 13.6 Å². The number of methoxy groups -OCH3 is 2. The van der Waals surface area contributed by atoms with Gasteiger partial charge in [0.05, 0.1) is 14.2 Å². The first kappa shape index (κ1) is 24.7. The molecular formula is C28H23F2NO5. The number of carbonyl (C=O) groups is 1. The molecule has 0 spiro atoms. The molecule has 0 radical (unpaired) electrons. The Labute approximate surface area is 206 Å². The van der Waals surface area contributed by atoms with Crippen LogP contribution in [-0.2, 0) is 6.61 Å². The van der Waals surface area contributed by atoms with E-state index in [4.69, 9.17) is 14.2 Å². The summed E-state index contributed by atoms with van der Waals surface area (Å²) in [5.41, 5.74) is 2.57. The van der Waals surface area contributed by atoms with Crippen LogP contribution in [0.5, 0.6) is 23.0 Å². The highest BCUT2D eigenvalue weighted by Crippen LogP contribution is 2.30. The van der Waals surface area contributed by atoms with E-state index in [1.54, 1.807) is 25.4 Å². The number of aromatic nitrogens is 1. The van der Waals surface area contributed by atoms with Gasteiger partial charge < -0.3 is 18.9 Å². The van der Waals surface area contributed by atoms with Crippen LogP contribution in [-0.4, -0.2) is 31.6 Å². The molecule has 0 bridgehead atoms. The Kier molecular flexibility index (Phi) is 7.75. The number of fused-ring (bicyclic) bond motifs is 1. The van der Waals surface area contributed by atoms with Crippen LogP contribution in [0.15, 0.2) is 79.0 Å². The van der Waals surface area contributed by atoms with Gasteiger partial charge in [0.2, 0.25) is 0 Å². The zero-order valence-electron chi connectivity index (χ0n) is 19.6. The fourth-order valence-corrected chi connectivity index (χ4v) is 3.65. The number of ether oxygens (including phenoxy) is 4. The van der Waals surface area contributed by atoms with Crippen molar-refractivity contribution in [3.8, 4) is 23.0 Å². The van der Waals surface area contributed by atoms with Gasteiger partial charge in [0.25, 0.3) is 0 Å². The molecule has 0 saturated heterocycles. The third kappa shape index (κ3) is 5.78. The largest absolute Gasteiger partial charge is 0.496 e. The van der Waals surface area contributed by atoms with Gasteiger partial charge in [-0.25, -0.2) is 0 Å². The van der Waals surface area contributed by atoms with E-state index in [2.05, 4.69) is 9.72 Å². The minimum Gasteiger partial charge on any atom is -0.496 e. The van der Waals surface area contributed by atoms with E-state index in [0.29, 0.717) is 11.5 Å². The summed E-state index contributed by atoms with van der Waals surface area (Å²) < 4.78 is 46.1. The Bertz CT molecular complexity index is 1400. The molecule has 184 valence electrons. The first-order valence-corrected chi connectivity index (χ1v) is 11.0. The molecule has 1 aromatic heterocycles. The molecule has 0 N–H and O–H groups in total. The van der Waals surface area contributed by atoms with Gasteiger partial charge in [0, 0.05) is 22.7 Å². The number of halogens is 2. The van der Waals surface area contributed by atoms with E-state index in [0.717, 1.165) is 22.0 Å². The second kappa shape index (κ2) is 11.3. The summed E-state index contributed by atoms with van der Waals surface area (Å²) in [6.07, 6.45) is 4.76. The number of nitrogens with zero attached hydrogens (tertiary/aromatic N) is 1. The zero-order valence-corrected chi connectivity index (χ0v) is 19.6. The number of pyridine rings is 1. The summed E-state index contributed by atoms with van der Waals surface area (Å²) in [4.78, 5) is 17.1. The monoisotopic (exact) mass is 491 g/mol. The molecule has 4 rings (SSSR count). The lowest BCUT2D eigenvalue weighted by molar-refractivity contribution is -0.0512. The predicted molar refractivity (Wildman–Crippen MR) is 132 cm³/mol. The first-order valence-electron chi connectivity index (χ1n) is 11.0. The van der Waals surface area contributed by atoms with Gasteiger partial charge in [-0.15, -0.1) is 0 Å². The van der Waals surface area contributed by atoms with Crippen molar-refractivity contribution in [2.75, 3.05) is 14.2 Å². The van der Waals surface area contributed by atoms with E-state index >= 15 is 0 Å². The summed E-state index contributed by atoms with van der Waals surface area (Å²) in [5, 5.41) is 0.975. The molecule has 0 aliphatic rings. The second-order valence-electron chi connectivity index (χ2n) is 7.63. The van der Waals surface area contributed by atoms with Crippen LogP contribution >= 0.6 is 0 Å². The molecule has 0 fully saturated rings. The van der Waals surface area contributed by atoms with Gasteiger partial charge >= 0.3 is 6.61 Å². The second-order valence-corrected chi connectivity index (χ2v) is 7.63. The van der Waals surface area contributed by atoms with Gasteiger partial charge in [-0.1, -0.05) is 30.3 Å². The molecule has 8 heteroatoms. The lowest BCUT2D eigenvalue weighted by Crippen LogP contribution is -2.04. The maximum absolute atomic E-state index is 12.7. The van der Waals surface area contributed by atoms with E-state index in [1.165, 1.54) is 31.4 Å². The molecule has 0 aliphatic heterocycles. The fraction of sp³-hybridized carbons (Fsp3) is 0.143. The molecule has 1 heterocycles. The summed E-state index contributed by atoms with van der Waals surface area (Å²) >= 11 is 0. The summed E-state index contributed by atoms with van der Waals surface area (Å²) in [7, 11) is 2.89. The standard InChI is InChI=1S/C28H23F2NO5/c1-33-23-12-9-18(8-11-22(32)20-10-13-24(36-28(29)30)26(16-20)34-2)15-21(23)17-35-25-7-3-5-19-6-4-14-31-27(19)25/h3-16,28H,17H2,1-2H3/b11-8+. The van der Waals surface area contributed by atoms with Gasteiger partial charge in [-0.05, 0) is 54.1 Å². The van der Waals surface area contributed by atoms with Crippen molar-refractivity contribution >= 4 is 22.8 Å². The summed E-state index contributed by atoms with van der Waals surface area (Å²) in [5.74, 6) is 0.869. The molecule has 36 heavy (non-hydrogen) atoms. The number of rotatable bonds is 10. The third-order valence-corrected chi connectivity index (χ3v) is 5.37. The highest BCUT2D eigenvalue weighted by Gasteiger charge is 2.13. The lowest BCUT2D eigenvalue weighted by atomic mass is 10.1. The van der Waals surface area contributed by atoms with Gasteiger partial charge in [-0.2, -0.15) is 8.78 Å². The lowest BCUT2D eigenvalue weighted by Gasteiger charge is -2.12. The van der Waals surface area contributed by atoms with E-state index < -0.39 is 6.61 Å². The number of hydrogen-bond acceptors (Lipinski definition) is 6. The van der Waals surface area contributed by atoms with Crippen LogP contribution in [0, 0.1) is 0 Å². The molecule has 0 unspecified atom stereocenters. The Morgan fingerprint density at radius 3 is 2.47 bits per heavy atom. The minimum atomic E-state index is -2.99. The van der Waals surface area contributed by atoms with Crippen LogP contribution in [0.4, 0.5) is 8.78 Å². The fourth-order valence-electron chi connectivity index (χ4n) is 3.65. The highest BCUT2D eigenvalue weighted by molar-refractivity contribution is 6.07. The number of benzene rings is 3. The summed E-state index contributed by atoms with van der Waals surface area (Å²) in [6.45, 7) is -2.76. The SMILES string of the molecule is COc1ccc(/C=C/C(=O)c2ccc(OC(F)F)c(OC)c2)cc1COc1cccc2cccnc12. The van der Waals surface area contributed by atoms with E-state index in [-0.39, 0.29) is 29.5 Å². The maximum atomic E-state index is 12.7. The Morgan fingerprint density at radius 2 is 1.69 bits per heavy atom. The Hall–Kier alpha value is -4.46. The number of ketones is 1. The zero-order chi connectivity index (χ0) is 25.5. The molecule has 0 saturated carbocycles. The normalized spacial score (nSPS) is 11.1. The van der Waals surface area contributed by atoms with E-state index in [1.807, 2.05) is 42.5 Å². The number of para-hydroxylation sites is 1. The highest BCUT2D eigenvalue weighted by atomic mass is 19.3. The average Bonchev–Trinajstić information content (AvgIpc) is 2.90. The van der Waals surface area contributed by atoms with Crippen molar-refractivity contribution in [2.45, 2.75) is 13.2 Å². The molecule has 0 amide bonds. The average molecular weight is 491 g/mol. The van der Waals surface area contributed by atoms with Gasteiger partial charge in [0.1, 0.15) is 23.6 Å². The van der Waals surface area contributed by atoms with Crippen LogP contribution in [0.25, 0.3) is 17.0 Å². The molecule has 0 aliphatic carbocycles. The van der Waals surface area contributed by atoms with Crippen molar-refractivity contribution in [1.82, 2.24) is 4.98 Å². The number of hydrogen-bond donors (Lipinski definition) is 0. The number of carbonyl (C=O) groups excluding carboxylic acids is 1. The Morgan fingerprint density at radius 1 is 0.917 bits per heavy atom. The molecule has 0 atom stereocenters. The maximum Gasteiger partial charge on any atom is 0.387 e. The van der Waals surface area contributed by atoms with Gasteiger partial charge in [0.15, 0.2) is 17.3 Å². The quantitative estimate of drug-likeness (QED) is 0.191. The van der Waals surface area contributed by atoms with Crippen LogP contribution < -0.4 is 18.9 Å². The molecule has 3 aromatic carbocycles. The predicted octanol–water partition coefficient (Wildman–Crippen LogP) is 6.33. The molecule has 6 nitrogen and oxygen atoms in total. The third-order valence-electron chi connectivity index (χ3n) is 5.37. The van der Waals surface area contributed by atoms with Crippen molar-refractivity contribution in [3.05, 3.63) is 95.7 Å². The van der Waals surface area contributed by atoms with Crippen molar-refractivity contribution < 1.29 is 32.5 Å².